The van der Waals surface area contributed by atoms with E-state index in [2.05, 4.69) is 15.6 Å². The van der Waals surface area contributed by atoms with Crippen LogP contribution in [-0.2, 0) is 14.3 Å². The van der Waals surface area contributed by atoms with E-state index in [1.165, 1.54) is 0 Å². The van der Waals surface area contributed by atoms with E-state index in [4.69, 9.17) is 0 Å². The van der Waals surface area contributed by atoms with E-state index in [0.29, 0.717) is 0 Å². The molecule has 2 N–H and O–H groups in total. The Morgan fingerprint density at radius 3 is 2.72 bits per heavy atom. The van der Waals surface area contributed by atoms with Crippen LogP contribution in [0.2, 0.25) is 0 Å². The molecule has 2 aromatic carbocycles. The lowest BCUT2D eigenvalue weighted by molar-refractivity contribution is -0.127. The van der Waals surface area contributed by atoms with E-state index in [9.17, 15) is 14.4 Å². The molecular formula is C18H19N3O4. The standard InChI is InChI=1S/C18H19N3O4/c1-2-25-18(24)20-19-17(23)13-10-16(22)21(11-13)15-9-5-7-12-6-3-4-8-14(12)15/h3-9,13H,2,10-11H2,1H3,(H,19,23)(H,20,24). The molecule has 1 aliphatic rings. The molecule has 25 heavy (non-hydrogen) atoms. The molecule has 0 radical (unpaired) electrons. The average Bonchev–Trinajstić information content (AvgIpc) is 3.01. The number of anilines is 1. The summed E-state index contributed by atoms with van der Waals surface area (Å²) in [5.74, 6) is -1.06. The zero-order valence-electron chi connectivity index (χ0n) is 13.8. The van der Waals surface area contributed by atoms with Gasteiger partial charge in [-0.1, -0.05) is 36.4 Å². The average molecular weight is 341 g/mol. The molecule has 7 nitrogen and oxygen atoms in total. The molecule has 130 valence electrons. The maximum atomic E-state index is 12.4. The van der Waals surface area contributed by atoms with Crippen molar-refractivity contribution in [3.63, 3.8) is 0 Å². The first-order valence-corrected chi connectivity index (χ1v) is 8.11. The first kappa shape index (κ1) is 16.8. The second-order valence-corrected chi connectivity index (χ2v) is 5.74. The number of rotatable bonds is 3. The summed E-state index contributed by atoms with van der Waals surface area (Å²) in [6, 6.07) is 13.5. The number of carbonyl (C=O) groups excluding carboxylic acids is 3. The third kappa shape index (κ3) is 3.55. The van der Waals surface area contributed by atoms with Gasteiger partial charge in [-0.2, -0.15) is 0 Å². The SMILES string of the molecule is CCOC(=O)NNC(=O)C1CC(=O)N(c2cccc3ccccc23)C1. The summed E-state index contributed by atoms with van der Waals surface area (Å²) >= 11 is 0. The van der Waals surface area contributed by atoms with Crippen LogP contribution in [0, 0.1) is 5.92 Å². The third-order valence-corrected chi connectivity index (χ3v) is 4.12. The molecule has 2 aromatic rings. The lowest BCUT2D eigenvalue weighted by Crippen LogP contribution is -2.45. The van der Waals surface area contributed by atoms with Crippen LogP contribution in [0.4, 0.5) is 10.5 Å². The van der Waals surface area contributed by atoms with E-state index in [1.807, 2.05) is 42.5 Å². The molecule has 1 aliphatic heterocycles. The van der Waals surface area contributed by atoms with E-state index in [0.717, 1.165) is 16.5 Å². The fourth-order valence-electron chi connectivity index (χ4n) is 2.94. The molecule has 3 rings (SSSR count). The Balaban J connectivity index is 1.72. The van der Waals surface area contributed by atoms with Gasteiger partial charge in [0.25, 0.3) is 0 Å². The predicted molar refractivity (Wildman–Crippen MR) is 92.7 cm³/mol. The molecule has 1 atom stereocenters. The van der Waals surface area contributed by atoms with Crippen molar-refractivity contribution in [1.29, 1.82) is 0 Å². The molecule has 0 spiro atoms. The number of ether oxygens (including phenoxy) is 1. The largest absolute Gasteiger partial charge is 0.449 e. The topological polar surface area (TPSA) is 87.7 Å². The minimum absolute atomic E-state index is 0.0968. The Morgan fingerprint density at radius 1 is 1.16 bits per heavy atom. The van der Waals surface area contributed by atoms with Gasteiger partial charge in [0, 0.05) is 18.4 Å². The lowest BCUT2D eigenvalue weighted by Gasteiger charge is -2.19. The van der Waals surface area contributed by atoms with Crippen LogP contribution in [0.1, 0.15) is 13.3 Å². The Labute approximate surface area is 144 Å². The molecule has 0 saturated carbocycles. The highest BCUT2D eigenvalue weighted by Gasteiger charge is 2.35. The van der Waals surface area contributed by atoms with Gasteiger partial charge in [-0.3, -0.25) is 15.0 Å². The summed E-state index contributed by atoms with van der Waals surface area (Å²) in [6.07, 6.45) is -0.634. The third-order valence-electron chi connectivity index (χ3n) is 4.12. The molecular weight excluding hydrogens is 322 g/mol. The summed E-state index contributed by atoms with van der Waals surface area (Å²) in [5, 5.41) is 1.99. The van der Waals surface area contributed by atoms with Gasteiger partial charge in [-0.15, -0.1) is 0 Å². The molecule has 0 aromatic heterocycles. The quantitative estimate of drug-likeness (QED) is 0.836. The van der Waals surface area contributed by atoms with Gasteiger partial charge < -0.3 is 9.64 Å². The van der Waals surface area contributed by atoms with Gasteiger partial charge in [-0.25, -0.2) is 10.2 Å². The van der Waals surface area contributed by atoms with Gasteiger partial charge in [0.15, 0.2) is 0 Å². The summed E-state index contributed by atoms with van der Waals surface area (Å²) in [5.41, 5.74) is 5.25. The van der Waals surface area contributed by atoms with Crippen molar-refractivity contribution < 1.29 is 19.1 Å². The first-order chi connectivity index (χ1) is 12.1. The Morgan fingerprint density at radius 2 is 1.92 bits per heavy atom. The number of amides is 3. The van der Waals surface area contributed by atoms with Gasteiger partial charge in [0.1, 0.15) is 0 Å². The number of hydrazine groups is 1. The molecule has 1 saturated heterocycles. The van der Waals surface area contributed by atoms with Crippen molar-refractivity contribution in [2.24, 2.45) is 5.92 Å². The van der Waals surface area contributed by atoms with E-state index in [-0.39, 0.29) is 25.5 Å². The van der Waals surface area contributed by atoms with Crippen LogP contribution < -0.4 is 15.8 Å². The maximum absolute atomic E-state index is 12.4. The zero-order chi connectivity index (χ0) is 17.8. The van der Waals surface area contributed by atoms with Gasteiger partial charge >= 0.3 is 6.09 Å². The number of fused-ring (bicyclic) bond motifs is 1. The van der Waals surface area contributed by atoms with Crippen molar-refractivity contribution in [3.8, 4) is 0 Å². The highest BCUT2D eigenvalue weighted by atomic mass is 16.5. The van der Waals surface area contributed by atoms with Gasteiger partial charge in [0.2, 0.25) is 11.8 Å². The molecule has 0 aliphatic carbocycles. The van der Waals surface area contributed by atoms with Crippen molar-refractivity contribution in [2.45, 2.75) is 13.3 Å². The Kier molecular flexibility index (Phi) is 4.83. The van der Waals surface area contributed by atoms with Crippen molar-refractivity contribution in [3.05, 3.63) is 42.5 Å². The fraction of sp³-hybridized carbons (Fsp3) is 0.278. The van der Waals surface area contributed by atoms with E-state index in [1.54, 1.807) is 11.8 Å². The molecule has 7 heteroatoms. The predicted octanol–water partition coefficient (Wildman–Crippen LogP) is 1.97. The highest BCUT2D eigenvalue weighted by Crippen LogP contribution is 2.31. The number of nitrogens with one attached hydrogen (secondary N) is 2. The lowest BCUT2D eigenvalue weighted by atomic mass is 10.1. The summed E-state index contributed by atoms with van der Waals surface area (Å²) in [7, 11) is 0. The van der Waals surface area contributed by atoms with Crippen molar-refractivity contribution >= 4 is 34.4 Å². The monoisotopic (exact) mass is 341 g/mol. The number of nitrogens with zero attached hydrogens (tertiary/aromatic N) is 1. The molecule has 1 unspecified atom stereocenters. The highest BCUT2D eigenvalue weighted by molar-refractivity contribution is 6.07. The van der Waals surface area contributed by atoms with E-state index < -0.39 is 17.9 Å². The van der Waals surface area contributed by atoms with Crippen molar-refractivity contribution in [1.82, 2.24) is 10.9 Å². The fourth-order valence-corrected chi connectivity index (χ4v) is 2.94. The number of carbonyl (C=O) groups is 3. The minimum atomic E-state index is -0.730. The molecule has 0 bridgehead atoms. The molecule has 3 amide bonds. The van der Waals surface area contributed by atoms with Crippen LogP contribution in [0.3, 0.4) is 0 Å². The van der Waals surface area contributed by atoms with Crippen LogP contribution in [0.5, 0.6) is 0 Å². The van der Waals surface area contributed by atoms with Gasteiger partial charge in [0.05, 0.1) is 18.2 Å². The minimum Gasteiger partial charge on any atom is -0.449 e. The van der Waals surface area contributed by atoms with Crippen LogP contribution >= 0.6 is 0 Å². The maximum Gasteiger partial charge on any atom is 0.426 e. The Hall–Kier alpha value is -3.09. The molecule has 1 fully saturated rings. The van der Waals surface area contributed by atoms with Crippen LogP contribution in [0.25, 0.3) is 10.8 Å². The summed E-state index contributed by atoms with van der Waals surface area (Å²) in [6.45, 7) is 2.14. The van der Waals surface area contributed by atoms with Crippen LogP contribution in [0.15, 0.2) is 42.5 Å². The van der Waals surface area contributed by atoms with Crippen LogP contribution in [-0.4, -0.2) is 31.1 Å². The second-order valence-electron chi connectivity index (χ2n) is 5.74. The van der Waals surface area contributed by atoms with Crippen molar-refractivity contribution in [2.75, 3.05) is 18.1 Å². The first-order valence-electron chi connectivity index (χ1n) is 8.11. The number of hydrogen-bond donors (Lipinski definition) is 2. The molecule has 1 heterocycles. The van der Waals surface area contributed by atoms with E-state index >= 15 is 0 Å². The summed E-state index contributed by atoms with van der Waals surface area (Å²) < 4.78 is 4.67. The zero-order valence-corrected chi connectivity index (χ0v) is 13.8. The Bertz CT molecular complexity index is 816. The van der Waals surface area contributed by atoms with Gasteiger partial charge in [-0.05, 0) is 18.4 Å². The smallest absolute Gasteiger partial charge is 0.426 e. The number of hydrogen-bond acceptors (Lipinski definition) is 4. The normalized spacial score (nSPS) is 16.8. The number of benzene rings is 2. The summed E-state index contributed by atoms with van der Waals surface area (Å²) in [4.78, 5) is 37.4. The second kappa shape index (κ2) is 7.21.